The summed E-state index contributed by atoms with van der Waals surface area (Å²) in [5, 5.41) is 3.02. The van der Waals surface area contributed by atoms with Crippen LogP contribution in [0, 0.1) is 5.92 Å². The molecule has 2 heterocycles. The maximum atomic E-state index is 12.4. The molecule has 2 aliphatic rings. The second kappa shape index (κ2) is 5.87. The zero-order valence-electron chi connectivity index (χ0n) is 11.4. The van der Waals surface area contributed by atoms with Crippen molar-refractivity contribution in [2.75, 3.05) is 13.1 Å². The van der Waals surface area contributed by atoms with Crippen molar-refractivity contribution in [3.8, 4) is 0 Å². The average molecular weight is 349 g/mol. The number of nitrogens with zero attached hydrogens (tertiary/aromatic N) is 1. The average Bonchev–Trinajstić information content (AvgIpc) is 3.21. The number of amides is 1. The van der Waals surface area contributed by atoms with Crippen LogP contribution in [-0.4, -0.2) is 37.8 Å². The first kappa shape index (κ1) is 15.3. The van der Waals surface area contributed by atoms with Gasteiger partial charge < -0.3 is 5.32 Å². The van der Waals surface area contributed by atoms with Crippen molar-refractivity contribution in [1.29, 1.82) is 0 Å². The summed E-state index contributed by atoms with van der Waals surface area (Å²) in [6, 6.07) is 3.24. The van der Waals surface area contributed by atoms with Gasteiger partial charge in [0.25, 0.3) is 10.0 Å². The van der Waals surface area contributed by atoms with Gasteiger partial charge in [0.15, 0.2) is 0 Å². The van der Waals surface area contributed by atoms with Gasteiger partial charge in [0, 0.05) is 25.0 Å². The number of carbonyl (C=O) groups is 1. The quantitative estimate of drug-likeness (QED) is 0.905. The van der Waals surface area contributed by atoms with Gasteiger partial charge in [0.05, 0.1) is 4.34 Å². The van der Waals surface area contributed by atoms with E-state index in [1.165, 1.54) is 4.31 Å². The molecule has 5 nitrogen and oxygen atoms in total. The number of hydrogen-bond acceptors (Lipinski definition) is 4. The molecule has 0 spiro atoms. The van der Waals surface area contributed by atoms with Gasteiger partial charge in [-0.2, -0.15) is 4.31 Å². The molecule has 21 heavy (non-hydrogen) atoms. The molecule has 3 rings (SSSR count). The molecule has 0 atom stereocenters. The normalized spacial score (nSPS) is 21.4. The Morgan fingerprint density at radius 3 is 2.43 bits per heavy atom. The van der Waals surface area contributed by atoms with Crippen LogP contribution in [0.25, 0.3) is 0 Å². The van der Waals surface area contributed by atoms with Gasteiger partial charge in [-0.25, -0.2) is 8.42 Å². The van der Waals surface area contributed by atoms with Gasteiger partial charge in [-0.1, -0.05) is 11.6 Å². The van der Waals surface area contributed by atoms with E-state index >= 15 is 0 Å². The third kappa shape index (κ3) is 3.41. The fourth-order valence-electron chi connectivity index (χ4n) is 2.47. The SMILES string of the molecule is O=C(NC1CCN(S(=O)(=O)c2ccc(Cl)s2)CC1)C1CC1. The molecule has 0 radical (unpaired) electrons. The number of thiophene rings is 1. The summed E-state index contributed by atoms with van der Waals surface area (Å²) in [6.07, 6.45) is 3.30. The van der Waals surface area contributed by atoms with Crippen LogP contribution in [0.15, 0.2) is 16.3 Å². The standard InChI is InChI=1S/C13H17ClN2O3S2/c14-11-3-4-12(20-11)21(18,19)16-7-5-10(6-8-16)15-13(17)9-1-2-9/h3-4,9-10H,1-2,5-8H2,(H,15,17). The Kier molecular flexibility index (Phi) is 4.27. The summed E-state index contributed by atoms with van der Waals surface area (Å²) in [6.45, 7) is 0.876. The van der Waals surface area contributed by atoms with Gasteiger partial charge in [0.1, 0.15) is 4.21 Å². The summed E-state index contributed by atoms with van der Waals surface area (Å²) in [5.41, 5.74) is 0. The maximum Gasteiger partial charge on any atom is 0.252 e. The van der Waals surface area contributed by atoms with Crippen molar-refractivity contribution in [2.45, 2.75) is 35.9 Å². The van der Waals surface area contributed by atoms with Gasteiger partial charge >= 0.3 is 0 Å². The molecular formula is C13H17ClN2O3S2. The number of nitrogens with one attached hydrogen (secondary N) is 1. The summed E-state index contributed by atoms with van der Waals surface area (Å²) in [4.78, 5) is 11.7. The third-order valence-electron chi connectivity index (χ3n) is 3.89. The van der Waals surface area contributed by atoms with Crippen molar-refractivity contribution >= 4 is 38.9 Å². The molecule has 116 valence electrons. The first-order valence-electron chi connectivity index (χ1n) is 7.02. The first-order valence-corrected chi connectivity index (χ1v) is 9.66. The van der Waals surface area contributed by atoms with E-state index in [0.717, 1.165) is 24.2 Å². The maximum absolute atomic E-state index is 12.4. The molecule has 8 heteroatoms. The lowest BCUT2D eigenvalue weighted by Gasteiger charge is -2.31. The van der Waals surface area contributed by atoms with E-state index in [1.807, 2.05) is 0 Å². The predicted octanol–water partition coefficient (Wildman–Crippen LogP) is 2.08. The van der Waals surface area contributed by atoms with Crippen LogP contribution >= 0.6 is 22.9 Å². The molecule has 1 aliphatic heterocycles. The lowest BCUT2D eigenvalue weighted by Crippen LogP contribution is -2.46. The van der Waals surface area contributed by atoms with Crippen molar-refractivity contribution in [2.24, 2.45) is 5.92 Å². The lowest BCUT2D eigenvalue weighted by atomic mass is 10.1. The van der Waals surface area contributed by atoms with Crippen molar-refractivity contribution in [3.05, 3.63) is 16.5 Å². The van der Waals surface area contributed by atoms with E-state index in [4.69, 9.17) is 11.6 Å². The van der Waals surface area contributed by atoms with Crippen LogP contribution in [-0.2, 0) is 14.8 Å². The Hall–Kier alpha value is -0.630. The van der Waals surface area contributed by atoms with Crippen LogP contribution in [0.4, 0.5) is 0 Å². The molecule has 0 aromatic carbocycles. The fourth-order valence-corrected chi connectivity index (χ4v) is 5.58. The van der Waals surface area contributed by atoms with Gasteiger partial charge in [0.2, 0.25) is 5.91 Å². The van der Waals surface area contributed by atoms with Crippen LogP contribution in [0.3, 0.4) is 0 Å². The first-order chi connectivity index (χ1) is 9.96. The van der Waals surface area contributed by atoms with Crippen LogP contribution in [0.1, 0.15) is 25.7 Å². The van der Waals surface area contributed by atoms with Crippen LogP contribution in [0.5, 0.6) is 0 Å². The molecule has 1 aromatic rings. The number of carbonyl (C=O) groups excluding carboxylic acids is 1. The smallest absolute Gasteiger partial charge is 0.252 e. The molecule has 1 amide bonds. The van der Waals surface area contributed by atoms with Gasteiger partial charge in [-0.15, -0.1) is 11.3 Å². The fraction of sp³-hybridized carbons (Fsp3) is 0.615. The van der Waals surface area contributed by atoms with E-state index in [2.05, 4.69) is 5.32 Å². The zero-order chi connectivity index (χ0) is 15.0. The van der Waals surface area contributed by atoms with Gasteiger partial charge in [-0.3, -0.25) is 4.79 Å². The van der Waals surface area contributed by atoms with E-state index in [0.29, 0.717) is 30.3 Å². The molecule has 1 N–H and O–H groups in total. The Labute approximate surface area is 133 Å². The van der Waals surface area contributed by atoms with Crippen LogP contribution < -0.4 is 5.32 Å². The number of sulfonamides is 1. The predicted molar refractivity (Wildman–Crippen MR) is 82.0 cm³/mol. The van der Waals surface area contributed by atoms with E-state index in [9.17, 15) is 13.2 Å². The highest BCUT2D eigenvalue weighted by atomic mass is 35.5. The lowest BCUT2D eigenvalue weighted by molar-refractivity contribution is -0.123. The Morgan fingerprint density at radius 2 is 1.90 bits per heavy atom. The number of rotatable bonds is 4. The summed E-state index contributed by atoms with van der Waals surface area (Å²) in [7, 11) is -3.44. The topological polar surface area (TPSA) is 66.5 Å². The molecular weight excluding hydrogens is 332 g/mol. The molecule has 1 aliphatic carbocycles. The number of halogens is 1. The minimum atomic E-state index is -3.44. The highest BCUT2D eigenvalue weighted by Crippen LogP contribution is 2.31. The molecule has 1 aromatic heterocycles. The molecule has 1 saturated carbocycles. The minimum absolute atomic E-state index is 0.0940. The van der Waals surface area contributed by atoms with E-state index in [-0.39, 0.29) is 22.1 Å². The largest absolute Gasteiger partial charge is 0.353 e. The molecule has 2 fully saturated rings. The number of piperidine rings is 1. The molecule has 1 saturated heterocycles. The van der Waals surface area contributed by atoms with E-state index in [1.54, 1.807) is 12.1 Å². The highest BCUT2D eigenvalue weighted by molar-refractivity contribution is 7.91. The Bertz CT molecular complexity index is 632. The second-order valence-corrected chi connectivity index (χ2v) is 9.40. The van der Waals surface area contributed by atoms with Crippen molar-refractivity contribution in [3.63, 3.8) is 0 Å². The zero-order valence-corrected chi connectivity index (χ0v) is 13.8. The summed E-state index contributed by atoms with van der Waals surface area (Å²) in [5.74, 6) is 0.321. The Morgan fingerprint density at radius 1 is 1.24 bits per heavy atom. The van der Waals surface area contributed by atoms with Crippen molar-refractivity contribution in [1.82, 2.24) is 9.62 Å². The Balaban J connectivity index is 1.58. The molecule has 0 unspecified atom stereocenters. The number of hydrogen-bond donors (Lipinski definition) is 1. The van der Waals surface area contributed by atoms with Gasteiger partial charge in [-0.05, 0) is 37.8 Å². The second-order valence-electron chi connectivity index (χ2n) is 5.52. The summed E-state index contributed by atoms with van der Waals surface area (Å²) >= 11 is 6.89. The van der Waals surface area contributed by atoms with Crippen LogP contribution in [0.2, 0.25) is 4.34 Å². The monoisotopic (exact) mass is 348 g/mol. The minimum Gasteiger partial charge on any atom is -0.353 e. The highest BCUT2D eigenvalue weighted by Gasteiger charge is 2.34. The summed E-state index contributed by atoms with van der Waals surface area (Å²) < 4.78 is 27.1. The third-order valence-corrected chi connectivity index (χ3v) is 7.49. The molecule has 0 bridgehead atoms. The van der Waals surface area contributed by atoms with Crippen molar-refractivity contribution < 1.29 is 13.2 Å². The van der Waals surface area contributed by atoms with E-state index < -0.39 is 10.0 Å².